The average Bonchev–Trinajstić information content (AvgIpc) is 2.16. The number of likely N-dealkylation sites (tertiary alicyclic amines) is 1. The number of piperidine rings is 1. The molecule has 5 heteroatoms. The van der Waals surface area contributed by atoms with Crippen molar-refractivity contribution in [3.05, 3.63) is 0 Å². The summed E-state index contributed by atoms with van der Waals surface area (Å²) < 4.78 is 4.45. The minimum atomic E-state index is -1.24. The first-order valence-electron chi connectivity index (χ1n) is 4.90. The molecule has 0 saturated carbocycles. The Balaban J connectivity index is 2.88. The van der Waals surface area contributed by atoms with Crippen molar-refractivity contribution in [3.8, 4) is 0 Å². The van der Waals surface area contributed by atoms with E-state index in [4.69, 9.17) is 0 Å². The molecule has 84 valence electrons. The van der Waals surface area contributed by atoms with Gasteiger partial charge in [-0.1, -0.05) is 0 Å². The van der Waals surface area contributed by atoms with E-state index in [9.17, 15) is 14.4 Å². The van der Waals surface area contributed by atoms with Crippen molar-refractivity contribution in [2.45, 2.75) is 26.3 Å². The van der Waals surface area contributed by atoms with Gasteiger partial charge in [0, 0.05) is 19.0 Å². The molecule has 0 bridgehead atoms. The number of methoxy groups -OCH3 is 1. The standard InChI is InChI=1S/C10H15NO4/c1-6(2)11-5-4-7(12)8(9(11)13)10(14)15-3/h6,8H,4-5H2,1-3H3. The highest BCUT2D eigenvalue weighted by molar-refractivity contribution is 6.17. The number of Topliss-reactive ketones (excluding diaryl/α,β-unsaturated/α-hetero) is 1. The van der Waals surface area contributed by atoms with Crippen LogP contribution in [0.25, 0.3) is 0 Å². The second kappa shape index (κ2) is 4.42. The minimum Gasteiger partial charge on any atom is -0.468 e. The number of carbonyl (C=O) groups excluding carboxylic acids is 3. The predicted octanol–water partition coefficient (Wildman–Crippen LogP) is -0.0146. The number of esters is 1. The Hall–Kier alpha value is -1.39. The normalized spacial score (nSPS) is 22.1. The first-order chi connectivity index (χ1) is 6.99. The van der Waals surface area contributed by atoms with Gasteiger partial charge < -0.3 is 9.64 Å². The Morgan fingerprint density at radius 2 is 2.07 bits per heavy atom. The molecule has 15 heavy (non-hydrogen) atoms. The highest BCUT2D eigenvalue weighted by atomic mass is 16.5. The quantitative estimate of drug-likeness (QED) is 0.478. The van der Waals surface area contributed by atoms with E-state index >= 15 is 0 Å². The fourth-order valence-corrected chi connectivity index (χ4v) is 1.65. The number of ketones is 1. The number of amides is 1. The van der Waals surface area contributed by atoms with Gasteiger partial charge in [-0.2, -0.15) is 0 Å². The number of ether oxygens (including phenoxy) is 1. The Kier molecular flexibility index (Phi) is 3.44. The van der Waals surface area contributed by atoms with Crippen LogP contribution < -0.4 is 0 Å². The van der Waals surface area contributed by atoms with E-state index in [1.54, 1.807) is 0 Å². The van der Waals surface area contributed by atoms with Gasteiger partial charge in [-0.05, 0) is 13.8 Å². The summed E-state index contributed by atoms with van der Waals surface area (Å²) in [6.07, 6.45) is 0.226. The molecule has 1 aliphatic heterocycles. The van der Waals surface area contributed by atoms with E-state index < -0.39 is 17.8 Å². The molecular formula is C10H15NO4. The molecule has 0 radical (unpaired) electrons. The van der Waals surface area contributed by atoms with Crippen molar-refractivity contribution >= 4 is 17.7 Å². The topological polar surface area (TPSA) is 63.7 Å². The zero-order valence-electron chi connectivity index (χ0n) is 9.15. The van der Waals surface area contributed by atoms with Gasteiger partial charge in [0.2, 0.25) is 5.91 Å². The number of carbonyl (C=O) groups is 3. The van der Waals surface area contributed by atoms with Crippen molar-refractivity contribution < 1.29 is 19.1 Å². The maximum atomic E-state index is 11.8. The average molecular weight is 213 g/mol. The van der Waals surface area contributed by atoms with E-state index in [0.717, 1.165) is 0 Å². The van der Waals surface area contributed by atoms with Crippen molar-refractivity contribution in [1.82, 2.24) is 4.90 Å². The van der Waals surface area contributed by atoms with E-state index in [1.165, 1.54) is 12.0 Å². The second-order valence-electron chi connectivity index (χ2n) is 3.80. The van der Waals surface area contributed by atoms with Gasteiger partial charge in [0.25, 0.3) is 0 Å². The largest absolute Gasteiger partial charge is 0.468 e. The van der Waals surface area contributed by atoms with Gasteiger partial charge in [-0.15, -0.1) is 0 Å². The summed E-state index contributed by atoms with van der Waals surface area (Å²) in [5.41, 5.74) is 0. The van der Waals surface area contributed by atoms with Gasteiger partial charge in [-0.25, -0.2) is 0 Å². The van der Waals surface area contributed by atoms with Crippen LogP contribution in [-0.4, -0.2) is 42.3 Å². The predicted molar refractivity (Wildman–Crippen MR) is 52.0 cm³/mol. The van der Waals surface area contributed by atoms with Crippen LogP contribution in [0, 0.1) is 5.92 Å². The van der Waals surface area contributed by atoms with Gasteiger partial charge in [-0.3, -0.25) is 14.4 Å². The molecule has 0 aromatic heterocycles. The first-order valence-corrected chi connectivity index (χ1v) is 4.90. The summed E-state index contributed by atoms with van der Waals surface area (Å²) in [7, 11) is 1.18. The van der Waals surface area contributed by atoms with Crippen LogP contribution in [0.15, 0.2) is 0 Å². The van der Waals surface area contributed by atoms with Crippen LogP contribution in [0.5, 0.6) is 0 Å². The SMILES string of the molecule is COC(=O)C1C(=O)CCN(C(C)C)C1=O. The van der Waals surface area contributed by atoms with Crippen LogP contribution in [0.2, 0.25) is 0 Å². The number of hydrogen-bond donors (Lipinski definition) is 0. The molecule has 0 N–H and O–H groups in total. The maximum Gasteiger partial charge on any atom is 0.325 e. The lowest BCUT2D eigenvalue weighted by molar-refractivity contribution is -0.160. The fourth-order valence-electron chi connectivity index (χ4n) is 1.65. The molecule has 1 rings (SSSR count). The summed E-state index contributed by atoms with van der Waals surface area (Å²) in [5.74, 6) is -2.78. The Bertz CT molecular complexity index is 290. The molecule has 0 aromatic carbocycles. The maximum absolute atomic E-state index is 11.8. The Morgan fingerprint density at radius 1 is 1.47 bits per heavy atom. The number of hydrogen-bond acceptors (Lipinski definition) is 4. The van der Waals surface area contributed by atoms with Crippen LogP contribution in [-0.2, 0) is 19.1 Å². The molecule has 1 unspecified atom stereocenters. The van der Waals surface area contributed by atoms with Gasteiger partial charge in [0.1, 0.15) is 0 Å². The molecule has 0 spiro atoms. The molecule has 1 amide bonds. The van der Waals surface area contributed by atoms with Crippen LogP contribution in [0.1, 0.15) is 20.3 Å². The van der Waals surface area contributed by atoms with Crippen LogP contribution in [0.3, 0.4) is 0 Å². The highest BCUT2D eigenvalue weighted by Crippen LogP contribution is 2.18. The van der Waals surface area contributed by atoms with E-state index in [0.29, 0.717) is 6.54 Å². The lowest BCUT2D eigenvalue weighted by Gasteiger charge is -2.33. The van der Waals surface area contributed by atoms with Gasteiger partial charge in [0.05, 0.1) is 7.11 Å². The summed E-state index contributed by atoms with van der Waals surface area (Å²) in [4.78, 5) is 36.0. The molecule has 0 aromatic rings. The number of nitrogens with zero attached hydrogens (tertiary/aromatic N) is 1. The molecular weight excluding hydrogens is 198 g/mol. The Labute approximate surface area is 88.4 Å². The number of rotatable bonds is 2. The van der Waals surface area contributed by atoms with E-state index in [1.807, 2.05) is 13.8 Å². The highest BCUT2D eigenvalue weighted by Gasteiger charge is 2.41. The first kappa shape index (κ1) is 11.7. The fraction of sp³-hybridized carbons (Fsp3) is 0.700. The van der Waals surface area contributed by atoms with Crippen LogP contribution in [0.4, 0.5) is 0 Å². The molecule has 1 heterocycles. The molecule has 1 atom stereocenters. The minimum absolute atomic E-state index is 0.00208. The lowest BCUT2D eigenvalue weighted by Crippen LogP contribution is -2.51. The second-order valence-corrected chi connectivity index (χ2v) is 3.80. The molecule has 1 fully saturated rings. The third-order valence-electron chi connectivity index (χ3n) is 2.51. The molecule has 1 saturated heterocycles. The van der Waals surface area contributed by atoms with E-state index in [-0.39, 0.29) is 18.2 Å². The summed E-state index contributed by atoms with van der Waals surface area (Å²) in [5, 5.41) is 0. The van der Waals surface area contributed by atoms with Gasteiger partial charge in [0.15, 0.2) is 11.7 Å². The summed E-state index contributed by atoms with van der Waals surface area (Å²) >= 11 is 0. The van der Waals surface area contributed by atoms with Crippen molar-refractivity contribution in [3.63, 3.8) is 0 Å². The van der Waals surface area contributed by atoms with E-state index in [2.05, 4.69) is 4.74 Å². The molecule has 0 aliphatic carbocycles. The van der Waals surface area contributed by atoms with Gasteiger partial charge >= 0.3 is 5.97 Å². The monoisotopic (exact) mass is 213 g/mol. The molecule has 5 nitrogen and oxygen atoms in total. The summed E-state index contributed by atoms with van der Waals surface area (Å²) in [6, 6.07) is -0.00208. The third kappa shape index (κ3) is 2.16. The lowest BCUT2D eigenvalue weighted by atomic mass is 9.94. The molecule has 1 aliphatic rings. The third-order valence-corrected chi connectivity index (χ3v) is 2.51. The van der Waals surface area contributed by atoms with Crippen molar-refractivity contribution in [2.75, 3.05) is 13.7 Å². The summed E-state index contributed by atoms with van der Waals surface area (Å²) in [6.45, 7) is 4.09. The zero-order valence-corrected chi connectivity index (χ0v) is 9.15. The van der Waals surface area contributed by atoms with Crippen molar-refractivity contribution in [2.24, 2.45) is 5.92 Å². The van der Waals surface area contributed by atoms with Crippen LogP contribution >= 0.6 is 0 Å². The smallest absolute Gasteiger partial charge is 0.325 e. The zero-order chi connectivity index (χ0) is 11.6. The van der Waals surface area contributed by atoms with Crippen molar-refractivity contribution in [1.29, 1.82) is 0 Å². The Morgan fingerprint density at radius 3 is 2.53 bits per heavy atom.